The summed E-state index contributed by atoms with van der Waals surface area (Å²) in [6.07, 6.45) is 2.83. The fourth-order valence-corrected chi connectivity index (χ4v) is 4.54. The zero-order valence-electron chi connectivity index (χ0n) is 12.7. The molecule has 0 unspecified atom stereocenters. The third-order valence-corrected chi connectivity index (χ3v) is 6.97. The molecule has 0 atom stereocenters. The Bertz CT molecular complexity index is 708. The Balaban J connectivity index is 2.17. The van der Waals surface area contributed by atoms with Crippen LogP contribution in [-0.2, 0) is 26.6 Å². The van der Waals surface area contributed by atoms with Crippen molar-refractivity contribution in [2.24, 2.45) is 0 Å². The molecule has 8 heteroatoms. The normalized spacial score (nSPS) is 17.5. The summed E-state index contributed by atoms with van der Waals surface area (Å²) >= 11 is 0. The monoisotopic (exact) mass is 346 g/mol. The van der Waals surface area contributed by atoms with Gasteiger partial charge in [0.25, 0.3) is 0 Å². The predicted octanol–water partition coefficient (Wildman–Crippen LogP) is 1.30. The van der Waals surface area contributed by atoms with E-state index in [9.17, 15) is 16.8 Å². The molecular weight excluding hydrogens is 324 g/mol. The molecule has 0 bridgehead atoms. The van der Waals surface area contributed by atoms with E-state index in [0.717, 1.165) is 19.3 Å². The molecule has 0 radical (unpaired) electrons. The second kappa shape index (κ2) is 7.08. The van der Waals surface area contributed by atoms with Crippen molar-refractivity contribution in [1.82, 2.24) is 9.03 Å². The third kappa shape index (κ3) is 4.28. The minimum Gasteiger partial charge on any atom is -0.212 e. The van der Waals surface area contributed by atoms with Crippen LogP contribution in [0.1, 0.15) is 31.7 Å². The molecule has 6 nitrogen and oxygen atoms in total. The fraction of sp³-hybridized carbons (Fsp3) is 0.571. The van der Waals surface area contributed by atoms with Crippen LogP contribution >= 0.6 is 0 Å². The summed E-state index contributed by atoms with van der Waals surface area (Å²) in [7, 11) is -6.78. The van der Waals surface area contributed by atoms with Gasteiger partial charge in [-0.25, -0.2) is 21.6 Å². The van der Waals surface area contributed by atoms with E-state index in [4.69, 9.17) is 0 Å². The van der Waals surface area contributed by atoms with E-state index in [1.165, 1.54) is 4.31 Å². The van der Waals surface area contributed by atoms with Crippen LogP contribution in [0, 0.1) is 0 Å². The molecule has 0 spiro atoms. The number of nitrogens with zero attached hydrogens (tertiary/aromatic N) is 1. The SMILES string of the molecule is CCS(=O)(=O)NCc1cccc(S(=O)(=O)N2CCCCC2)c1. The highest BCUT2D eigenvalue weighted by molar-refractivity contribution is 7.89. The number of sulfonamides is 2. The first-order valence-electron chi connectivity index (χ1n) is 7.41. The Kier molecular flexibility index (Phi) is 5.60. The van der Waals surface area contributed by atoms with Crippen LogP contribution in [0.2, 0.25) is 0 Å². The zero-order valence-corrected chi connectivity index (χ0v) is 14.3. The average Bonchev–Trinajstić information content (AvgIpc) is 2.54. The Labute approximate surface area is 132 Å². The van der Waals surface area contributed by atoms with E-state index in [2.05, 4.69) is 4.72 Å². The summed E-state index contributed by atoms with van der Waals surface area (Å²) in [5.74, 6) is -0.00122. The third-order valence-electron chi connectivity index (χ3n) is 3.73. The minimum atomic E-state index is -3.49. The van der Waals surface area contributed by atoms with Crippen LogP contribution < -0.4 is 4.72 Å². The molecule has 0 aliphatic carbocycles. The number of benzene rings is 1. The molecule has 1 saturated heterocycles. The van der Waals surface area contributed by atoms with Gasteiger partial charge in [0.2, 0.25) is 20.0 Å². The average molecular weight is 346 g/mol. The van der Waals surface area contributed by atoms with E-state index in [-0.39, 0.29) is 17.2 Å². The van der Waals surface area contributed by atoms with Crippen molar-refractivity contribution in [3.63, 3.8) is 0 Å². The minimum absolute atomic E-state index is 0.00122. The van der Waals surface area contributed by atoms with Crippen LogP contribution in [0.4, 0.5) is 0 Å². The number of piperidine rings is 1. The summed E-state index contributed by atoms with van der Waals surface area (Å²) in [4.78, 5) is 0.225. The van der Waals surface area contributed by atoms with E-state index in [1.54, 1.807) is 31.2 Å². The largest absolute Gasteiger partial charge is 0.243 e. The van der Waals surface area contributed by atoms with Crippen LogP contribution in [0.25, 0.3) is 0 Å². The quantitative estimate of drug-likeness (QED) is 0.841. The number of hydrogen-bond donors (Lipinski definition) is 1. The second-order valence-electron chi connectivity index (χ2n) is 5.34. The molecule has 1 N–H and O–H groups in total. The molecule has 1 aromatic rings. The van der Waals surface area contributed by atoms with Crippen LogP contribution in [-0.4, -0.2) is 40.0 Å². The lowest BCUT2D eigenvalue weighted by Gasteiger charge is -2.26. The molecule has 0 amide bonds. The first-order chi connectivity index (χ1) is 10.3. The van der Waals surface area contributed by atoms with Gasteiger partial charge in [0, 0.05) is 19.6 Å². The number of hydrogen-bond acceptors (Lipinski definition) is 4. The molecule has 2 rings (SSSR count). The van der Waals surface area contributed by atoms with Crippen molar-refractivity contribution < 1.29 is 16.8 Å². The van der Waals surface area contributed by atoms with Gasteiger partial charge in [0.05, 0.1) is 10.6 Å². The van der Waals surface area contributed by atoms with Crippen LogP contribution in [0.15, 0.2) is 29.2 Å². The Hall–Kier alpha value is -0.960. The van der Waals surface area contributed by atoms with Gasteiger partial charge in [-0.15, -0.1) is 0 Å². The Morgan fingerprint density at radius 2 is 1.77 bits per heavy atom. The molecule has 1 aliphatic heterocycles. The molecule has 1 fully saturated rings. The summed E-state index contributed by atoms with van der Waals surface area (Å²) in [6, 6.07) is 6.46. The molecule has 22 heavy (non-hydrogen) atoms. The van der Waals surface area contributed by atoms with Crippen molar-refractivity contribution in [2.45, 2.75) is 37.6 Å². The zero-order chi connectivity index (χ0) is 16.2. The smallest absolute Gasteiger partial charge is 0.212 e. The Morgan fingerprint density at radius 3 is 2.41 bits per heavy atom. The second-order valence-corrected chi connectivity index (χ2v) is 9.37. The summed E-state index contributed by atoms with van der Waals surface area (Å²) in [6.45, 7) is 2.75. The van der Waals surface area contributed by atoms with Gasteiger partial charge >= 0.3 is 0 Å². The predicted molar refractivity (Wildman–Crippen MR) is 85.4 cm³/mol. The molecule has 1 aliphatic rings. The maximum Gasteiger partial charge on any atom is 0.243 e. The summed E-state index contributed by atoms with van der Waals surface area (Å²) in [5.41, 5.74) is 0.634. The molecule has 0 aromatic heterocycles. The number of rotatable bonds is 6. The summed E-state index contributed by atoms with van der Waals surface area (Å²) in [5, 5.41) is 0. The van der Waals surface area contributed by atoms with Crippen molar-refractivity contribution in [3.8, 4) is 0 Å². The summed E-state index contributed by atoms with van der Waals surface area (Å²) < 4.78 is 52.0. The lowest BCUT2D eigenvalue weighted by molar-refractivity contribution is 0.346. The van der Waals surface area contributed by atoms with Gasteiger partial charge in [-0.05, 0) is 37.5 Å². The molecule has 1 aromatic carbocycles. The lowest BCUT2D eigenvalue weighted by atomic mass is 10.2. The Morgan fingerprint density at radius 1 is 1.09 bits per heavy atom. The molecule has 0 saturated carbocycles. The van der Waals surface area contributed by atoms with Gasteiger partial charge in [-0.2, -0.15) is 4.31 Å². The molecular formula is C14H22N2O4S2. The van der Waals surface area contributed by atoms with Crippen LogP contribution in [0.3, 0.4) is 0 Å². The first-order valence-corrected chi connectivity index (χ1v) is 10.5. The molecule has 124 valence electrons. The highest BCUT2D eigenvalue weighted by atomic mass is 32.2. The fourth-order valence-electron chi connectivity index (χ4n) is 2.37. The highest BCUT2D eigenvalue weighted by Gasteiger charge is 2.25. The van der Waals surface area contributed by atoms with E-state index < -0.39 is 20.0 Å². The van der Waals surface area contributed by atoms with E-state index >= 15 is 0 Å². The van der Waals surface area contributed by atoms with Crippen molar-refractivity contribution in [1.29, 1.82) is 0 Å². The standard InChI is InChI=1S/C14H22N2O4S2/c1-2-21(17,18)15-12-13-7-6-8-14(11-13)22(19,20)16-9-4-3-5-10-16/h6-8,11,15H,2-5,9-10,12H2,1H3. The number of nitrogens with one attached hydrogen (secondary N) is 1. The molecule has 1 heterocycles. The van der Waals surface area contributed by atoms with Gasteiger partial charge < -0.3 is 0 Å². The van der Waals surface area contributed by atoms with Crippen molar-refractivity contribution >= 4 is 20.0 Å². The maximum atomic E-state index is 12.6. The van der Waals surface area contributed by atoms with E-state index in [1.807, 2.05) is 0 Å². The maximum absolute atomic E-state index is 12.6. The van der Waals surface area contributed by atoms with Crippen molar-refractivity contribution in [2.75, 3.05) is 18.8 Å². The highest BCUT2D eigenvalue weighted by Crippen LogP contribution is 2.21. The van der Waals surface area contributed by atoms with E-state index in [0.29, 0.717) is 18.7 Å². The van der Waals surface area contributed by atoms with Crippen molar-refractivity contribution in [3.05, 3.63) is 29.8 Å². The van der Waals surface area contributed by atoms with Gasteiger partial charge in [-0.1, -0.05) is 18.6 Å². The lowest BCUT2D eigenvalue weighted by Crippen LogP contribution is -2.35. The van der Waals surface area contributed by atoms with Gasteiger partial charge in [0.1, 0.15) is 0 Å². The first kappa shape index (κ1) is 17.4. The van der Waals surface area contributed by atoms with Crippen LogP contribution in [0.5, 0.6) is 0 Å². The van der Waals surface area contributed by atoms with Gasteiger partial charge in [0.15, 0.2) is 0 Å². The van der Waals surface area contributed by atoms with Gasteiger partial charge in [-0.3, -0.25) is 0 Å². The topological polar surface area (TPSA) is 83.5 Å².